The van der Waals surface area contributed by atoms with Crippen molar-refractivity contribution < 1.29 is 19.4 Å². The van der Waals surface area contributed by atoms with Crippen molar-refractivity contribution >= 4 is 17.7 Å². The number of ether oxygens (including phenoxy) is 2. The number of hydrogen-bond donors (Lipinski definition) is 1. The summed E-state index contributed by atoms with van der Waals surface area (Å²) in [6.45, 7) is 4.31. The van der Waals surface area contributed by atoms with E-state index in [0.29, 0.717) is 31.5 Å². The van der Waals surface area contributed by atoms with Crippen LogP contribution in [-0.4, -0.2) is 58.5 Å². The van der Waals surface area contributed by atoms with E-state index in [1.165, 1.54) is 11.8 Å². The minimum Gasteiger partial charge on any atom is -0.481 e. The molecule has 0 aromatic carbocycles. The Morgan fingerprint density at radius 2 is 2.15 bits per heavy atom. The van der Waals surface area contributed by atoms with Crippen LogP contribution in [0.4, 0.5) is 0 Å². The predicted octanol–water partition coefficient (Wildman–Crippen LogP) is 1.07. The Kier molecular flexibility index (Phi) is 8.24. The van der Waals surface area contributed by atoms with E-state index in [0.717, 1.165) is 18.7 Å². The monoisotopic (exact) mass is 303 g/mol. The molecule has 0 bridgehead atoms. The number of aryl methyl sites for hydroxylation is 1. The highest BCUT2D eigenvalue weighted by atomic mass is 32.2. The Morgan fingerprint density at radius 3 is 2.80 bits per heavy atom. The smallest absolute Gasteiger partial charge is 0.313 e. The first-order valence-electron chi connectivity index (χ1n) is 6.52. The van der Waals surface area contributed by atoms with Gasteiger partial charge in [0, 0.05) is 20.1 Å². The zero-order chi connectivity index (χ0) is 14.8. The van der Waals surface area contributed by atoms with Gasteiger partial charge in [-0.15, -0.1) is 10.2 Å². The summed E-state index contributed by atoms with van der Waals surface area (Å²) >= 11 is 1.18. The zero-order valence-corrected chi connectivity index (χ0v) is 12.7. The molecule has 20 heavy (non-hydrogen) atoms. The van der Waals surface area contributed by atoms with Crippen LogP contribution in [0.3, 0.4) is 0 Å². The van der Waals surface area contributed by atoms with Crippen LogP contribution in [0, 0.1) is 0 Å². The minimum atomic E-state index is -0.863. The Morgan fingerprint density at radius 1 is 1.35 bits per heavy atom. The normalized spacial score (nSPS) is 10.9. The van der Waals surface area contributed by atoms with E-state index in [1.807, 2.05) is 4.57 Å². The van der Waals surface area contributed by atoms with Gasteiger partial charge in [-0.25, -0.2) is 0 Å². The van der Waals surface area contributed by atoms with Gasteiger partial charge in [-0.2, -0.15) is 0 Å². The van der Waals surface area contributed by atoms with Gasteiger partial charge in [0.25, 0.3) is 0 Å². The Hall–Kier alpha value is -1.12. The predicted molar refractivity (Wildman–Crippen MR) is 75.1 cm³/mol. The summed E-state index contributed by atoms with van der Waals surface area (Å²) in [5.41, 5.74) is 0. The van der Waals surface area contributed by atoms with Crippen LogP contribution in [0.5, 0.6) is 0 Å². The number of rotatable bonds is 11. The molecule has 0 saturated heterocycles. The van der Waals surface area contributed by atoms with Crippen LogP contribution >= 0.6 is 11.8 Å². The molecule has 7 nitrogen and oxygen atoms in total. The summed E-state index contributed by atoms with van der Waals surface area (Å²) in [4.78, 5) is 10.6. The molecule has 1 rings (SSSR count). The van der Waals surface area contributed by atoms with Crippen LogP contribution in [0.25, 0.3) is 0 Å². The summed E-state index contributed by atoms with van der Waals surface area (Å²) in [5, 5.41) is 17.5. The van der Waals surface area contributed by atoms with Crippen molar-refractivity contribution in [2.24, 2.45) is 0 Å². The average Bonchev–Trinajstić information content (AvgIpc) is 2.79. The topological polar surface area (TPSA) is 86.5 Å². The molecule has 0 unspecified atom stereocenters. The van der Waals surface area contributed by atoms with Gasteiger partial charge in [-0.05, 0) is 6.42 Å². The number of aliphatic carboxylic acids is 1. The zero-order valence-electron chi connectivity index (χ0n) is 11.9. The van der Waals surface area contributed by atoms with Gasteiger partial charge in [-0.3, -0.25) is 4.79 Å². The van der Waals surface area contributed by atoms with Crippen molar-refractivity contribution in [3.05, 3.63) is 5.82 Å². The summed E-state index contributed by atoms with van der Waals surface area (Å²) < 4.78 is 12.3. The van der Waals surface area contributed by atoms with Crippen LogP contribution < -0.4 is 0 Å². The fourth-order valence-corrected chi connectivity index (χ4v) is 2.29. The highest BCUT2D eigenvalue weighted by molar-refractivity contribution is 7.99. The molecule has 8 heteroatoms. The molecule has 1 aromatic heterocycles. The second-order valence-corrected chi connectivity index (χ2v) is 5.03. The summed E-state index contributed by atoms with van der Waals surface area (Å²) in [6.07, 6.45) is 1.78. The Balaban J connectivity index is 2.57. The molecule has 1 N–H and O–H groups in total. The number of carbonyl (C=O) groups is 1. The molecule has 0 amide bonds. The number of carboxylic acid groups (broad SMARTS) is 1. The lowest BCUT2D eigenvalue weighted by atomic mass is 10.3. The number of hydrogen-bond acceptors (Lipinski definition) is 6. The Labute approximate surface area is 122 Å². The van der Waals surface area contributed by atoms with E-state index < -0.39 is 5.97 Å². The summed E-state index contributed by atoms with van der Waals surface area (Å²) in [6, 6.07) is 0. The number of aromatic nitrogens is 3. The van der Waals surface area contributed by atoms with E-state index in [-0.39, 0.29) is 5.75 Å². The third-order valence-corrected chi connectivity index (χ3v) is 3.43. The molecule has 114 valence electrons. The number of thioether (sulfide) groups is 1. The first kappa shape index (κ1) is 16.9. The molecule has 0 saturated carbocycles. The van der Waals surface area contributed by atoms with Crippen LogP contribution in [0.1, 0.15) is 19.2 Å². The molecule has 0 spiro atoms. The van der Waals surface area contributed by atoms with Crippen molar-refractivity contribution in [2.45, 2.75) is 31.5 Å². The van der Waals surface area contributed by atoms with Crippen molar-refractivity contribution in [3.63, 3.8) is 0 Å². The van der Waals surface area contributed by atoms with Crippen molar-refractivity contribution in [1.29, 1.82) is 0 Å². The van der Waals surface area contributed by atoms with E-state index in [9.17, 15) is 4.79 Å². The van der Waals surface area contributed by atoms with E-state index in [2.05, 4.69) is 17.1 Å². The molecule has 0 aliphatic carbocycles. The molecule has 0 atom stereocenters. The molecule has 0 radical (unpaired) electrons. The number of carboxylic acids is 1. The summed E-state index contributed by atoms with van der Waals surface area (Å²) in [5.74, 6) is -0.0110. The molecule has 0 aliphatic rings. The second kappa shape index (κ2) is 9.73. The lowest BCUT2D eigenvalue weighted by Gasteiger charge is -2.09. The molecule has 0 fully saturated rings. The van der Waals surface area contributed by atoms with E-state index in [4.69, 9.17) is 14.6 Å². The van der Waals surface area contributed by atoms with Gasteiger partial charge in [0.1, 0.15) is 5.82 Å². The van der Waals surface area contributed by atoms with Gasteiger partial charge in [0.05, 0.1) is 25.6 Å². The molecule has 1 aromatic rings. The standard InChI is InChI=1S/C12H21N3O4S/c1-3-4-10-13-14-12(20-9-11(16)17)15(10)5-6-19-8-7-18-2/h3-9H2,1-2H3,(H,16,17). The quantitative estimate of drug-likeness (QED) is 0.483. The fourth-order valence-electron chi connectivity index (χ4n) is 1.59. The van der Waals surface area contributed by atoms with Crippen molar-refractivity contribution in [3.8, 4) is 0 Å². The van der Waals surface area contributed by atoms with Crippen LogP contribution in [-0.2, 0) is 27.2 Å². The number of methoxy groups -OCH3 is 1. The van der Waals surface area contributed by atoms with Gasteiger partial charge >= 0.3 is 5.97 Å². The van der Waals surface area contributed by atoms with Gasteiger partial charge in [-0.1, -0.05) is 18.7 Å². The van der Waals surface area contributed by atoms with Crippen LogP contribution in [0.2, 0.25) is 0 Å². The lowest BCUT2D eigenvalue weighted by molar-refractivity contribution is -0.133. The first-order chi connectivity index (χ1) is 9.69. The lowest BCUT2D eigenvalue weighted by Crippen LogP contribution is -2.13. The SMILES string of the molecule is CCCc1nnc(SCC(=O)O)n1CCOCCOC. The largest absolute Gasteiger partial charge is 0.481 e. The minimum absolute atomic E-state index is 0.0191. The molecular formula is C12H21N3O4S. The Bertz CT molecular complexity index is 411. The van der Waals surface area contributed by atoms with Crippen LogP contribution in [0.15, 0.2) is 5.16 Å². The third-order valence-electron chi connectivity index (χ3n) is 2.48. The van der Waals surface area contributed by atoms with E-state index in [1.54, 1.807) is 7.11 Å². The maximum Gasteiger partial charge on any atom is 0.313 e. The highest BCUT2D eigenvalue weighted by Gasteiger charge is 2.13. The fraction of sp³-hybridized carbons (Fsp3) is 0.750. The van der Waals surface area contributed by atoms with Crippen molar-refractivity contribution in [2.75, 3.05) is 32.7 Å². The van der Waals surface area contributed by atoms with E-state index >= 15 is 0 Å². The maximum absolute atomic E-state index is 10.6. The van der Waals surface area contributed by atoms with Gasteiger partial charge in [0.2, 0.25) is 0 Å². The van der Waals surface area contributed by atoms with Gasteiger partial charge in [0.15, 0.2) is 5.16 Å². The van der Waals surface area contributed by atoms with Crippen molar-refractivity contribution in [1.82, 2.24) is 14.8 Å². The second-order valence-electron chi connectivity index (χ2n) is 4.09. The number of nitrogens with zero attached hydrogens (tertiary/aromatic N) is 3. The first-order valence-corrected chi connectivity index (χ1v) is 7.51. The molecular weight excluding hydrogens is 282 g/mol. The third kappa shape index (κ3) is 5.89. The molecule has 0 aliphatic heterocycles. The molecule has 1 heterocycles. The maximum atomic E-state index is 10.6. The summed E-state index contributed by atoms with van der Waals surface area (Å²) in [7, 11) is 1.63. The highest BCUT2D eigenvalue weighted by Crippen LogP contribution is 2.17. The van der Waals surface area contributed by atoms with Gasteiger partial charge < -0.3 is 19.1 Å². The average molecular weight is 303 g/mol.